The Morgan fingerprint density at radius 1 is 0.952 bits per heavy atom. The van der Waals surface area contributed by atoms with Crippen LogP contribution in [0.1, 0.15) is 19.4 Å². The van der Waals surface area contributed by atoms with Crippen molar-refractivity contribution in [3.63, 3.8) is 0 Å². The largest absolute Gasteiger partial charge is 0.381 e. The van der Waals surface area contributed by atoms with E-state index in [9.17, 15) is 0 Å². The van der Waals surface area contributed by atoms with Gasteiger partial charge in [0.1, 0.15) is 0 Å². The van der Waals surface area contributed by atoms with Crippen molar-refractivity contribution < 1.29 is 0 Å². The summed E-state index contributed by atoms with van der Waals surface area (Å²) in [6, 6.07) is 18.9. The molecule has 0 bridgehead atoms. The Bertz CT molecular complexity index is 554. The summed E-state index contributed by atoms with van der Waals surface area (Å²) in [4.78, 5) is 2.34. The molecule has 0 amide bonds. The van der Waals surface area contributed by atoms with Crippen LogP contribution in [0.3, 0.4) is 0 Å². The van der Waals surface area contributed by atoms with Gasteiger partial charge in [0.05, 0.1) is 0 Å². The van der Waals surface area contributed by atoms with Gasteiger partial charge in [-0.25, -0.2) is 0 Å². The summed E-state index contributed by atoms with van der Waals surface area (Å²) >= 11 is 0. The predicted octanol–water partition coefficient (Wildman–Crippen LogP) is 4.66. The van der Waals surface area contributed by atoms with E-state index in [2.05, 4.69) is 67.0 Å². The Balaban J connectivity index is 1.93. The fourth-order valence-electron chi connectivity index (χ4n) is 2.36. The van der Waals surface area contributed by atoms with Crippen molar-refractivity contribution in [3.8, 4) is 0 Å². The van der Waals surface area contributed by atoms with Crippen molar-refractivity contribution in [2.75, 3.05) is 29.9 Å². The molecule has 2 aromatic rings. The Hall–Kier alpha value is -2.22. The first kappa shape index (κ1) is 15.2. The molecule has 2 heteroatoms. The first-order chi connectivity index (χ1) is 10.2. The molecule has 0 aromatic heterocycles. The Labute approximate surface area is 128 Å². The van der Waals surface area contributed by atoms with Gasteiger partial charge in [-0.1, -0.05) is 36.9 Å². The molecule has 1 N–H and O–H groups in total. The fourth-order valence-corrected chi connectivity index (χ4v) is 2.36. The smallest absolute Gasteiger partial charge is 0.0400 e. The van der Waals surface area contributed by atoms with E-state index in [1.165, 1.54) is 11.3 Å². The lowest BCUT2D eigenvalue weighted by molar-refractivity contribution is 0.866. The van der Waals surface area contributed by atoms with Crippen molar-refractivity contribution in [2.45, 2.75) is 13.8 Å². The normalized spacial score (nSPS) is 10.2. The maximum absolute atomic E-state index is 4.14. The number of rotatable bonds is 7. The van der Waals surface area contributed by atoms with Crippen molar-refractivity contribution in [2.24, 2.45) is 0 Å². The molecule has 2 aromatic carbocycles. The zero-order valence-electron chi connectivity index (χ0n) is 13.0. The zero-order valence-corrected chi connectivity index (χ0v) is 13.0. The van der Waals surface area contributed by atoms with Crippen molar-refractivity contribution >= 4 is 16.9 Å². The molecule has 0 unspecified atom stereocenters. The highest BCUT2D eigenvalue weighted by molar-refractivity contribution is 5.67. The summed E-state index contributed by atoms with van der Waals surface area (Å²) in [5, 5.41) is 3.43. The predicted molar refractivity (Wildman–Crippen MR) is 94.0 cm³/mol. The average Bonchev–Trinajstić information content (AvgIpc) is 2.55. The highest BCUT2D eigenvalue weighted by atomic mass is 15.1. The Morgan fingerprint density at radius 2 is 1.57 bits per heavy atom. The summed E-state index contributed by atoms with van der Waals surface area (Å²) in [5.41, 5.74) is 4.68. The van der Waals surface area contributed by atoms with Crippen LogP contribution < -0.4 is 10.2 Å². The standard InChI is InChI=1S/C19H24N2/c1-4-21(5-2)19-13-11-18(12-14-19)20-15-16(3)17-9-7-6-8-10-17/h6-14,20H,3-5,15H2,1-2H3. The summed E-state index contributed by atoms with van der Waals surface area (Å²) in [7, 11) is 0. The molecule has 0 heterocycles. The topological polar surface area (TPSA) is 15.3 Å². The van der Waals surface area contributed by atoms with Crippen LogP contribution in [0.25, 0.3) is 5.57 Å². The van der Waals surface area contributed by atoms with Gasteiger partial charge in [0.15, 0.2) is 0 Å². The van der Waals surface area contributed by atoms with Crippen LogP contribution in [0.5, 0.6) is 0 Å². The third-order valence-corrected chi connectivity index (χ3v) is 3.68. The summed E-state index contributed by atoms with van der Waals surface area (Å²) in [6.45, 7) is 11.3. The lowest BCUT2D eigenvalue weighted by Gasteiger charge is -2.21. The van der Waals surface area contributed by atoms with Crippen molar-refractivity contribution in [3.05, 3.63) is 66.7 Å². The van der Waals surface area contributed by atoms with E-state index < -0.39 is 0 Å². The molecule has 0 aliphatic rings. The van der Waals surface area contributed by atoms with Gasteiger partial charge in [-0.15, -0.1) is 0 Å². The maximum atomic E-state index is 4.14. The van der Waals surface area contributed by atoms with Gasteiger partial charge < -0.3 is 10.2 Å². The zero-order chi connectivity index (χ0) is 15.1. The second kappa shape index (κ2) is 7.53. The van der Waals surface area contributed by atoms with E-state index in [-0.39, 0.29) is 0 Å². The second-order valence-electron chi connectivity index (χ2n) is 5.04. The Morgan fingerprint density at radius 3 is 2.14 bits per heavy atom. The van der Waals surface area contributed by atoms with Gasteiger partial charge in [0.2, 0.25) is 0 Å². The van der Waals surface area contributed by atoms with E-state index in [4.69, 9.17) is 0 Å². The van der Waals surface area contributed by atoms with E-state index in [1.54, 1.807) is 0 Å². The van der Waals surface area contributed by atoms with E-state index in [1.807, 2.05) is 18.2 Å². The van der Waals surface area contributed by atoms with Crippen LogP contribution >= 0.6 is 0 Å². The summed E-state index contributed by atoms with van der Waals surface area (Å²) in [5.74, 6) is 0. The molecule has 110 valence electrons. The highest BCUT2D eigenvalue weighted by Gasteiger charge is 2.02. The van der Waals surface area contributed by atoms with Crippen molar-refractivity contribution in [1.29, 1.82) is 0 Å². The van der Waals surface area contributed by atoms with Gasteiger partial charge >= 0.3 is 0 Å². The molecule has 0 spiro atoms. The van der Waals surface area contributed by atoms with Crippen molar-refractivity contribution in [1.82, 2.24) is 0 Å². The van der Waals surface area contributed by atoms with Crippen LogP contribution in [-0.4, -0.2) is 19.6 Å². The number of anilines is 2. The maximum Gasteiger partial charge on any atom is 0.0400 e. The molecule has 2 rings (SSSR count). The monoisotopic (exact) mass is 280 g/mol. The van der Waals surface area contributed by atoms with E-state index in [0.717, 1.165) is 30.9 Å². The van der Waals surface area contributed by atoms with Crippen LogP contribution in [0.2, 0.25) is 0 Å². The Kier molecular flexibility index (Phi) is 5.44. The first-order valence-electron chi connectivity index (χ1n) is 7.56. The molecule has 0 radical (unpaired) electrons. The molecule has 2 nitrogen and oxygen atoms in total. The lowest BCUT2D eigenvalue weighted by atomic mass is 10.1. The van der Waals surface area contributed by atoms with Crippen LogP contribution in [0.15, 0.2) is 61.2 Å². The number of hydrogen-bond donors (Lipinski definition) is 1. The molecule has 21 heavy (non-hydrogen) atoms. The highest BCUT2D eigenvalue weighted by Crippen LogP contribution is 2.19. The third-order valence-electron chi connectivity index (χ3n) is 3.68. The molecule has 0 atom stereocenters. The molecule has 0 saturated carbocycles. The van der Waals surface area contributed by atoms with Gasteiger partial charge in [0.25, 0.3) is 0 Å². The minimum absolute atomic E-state index is 0.759. The summed E-state index contributed by atoms with van der Waals surface area (Å²) in [6.07, 6.45) is 0. The SMILES string of the molecule is C=C(CNc1ccc(N(CC)CC)cc1)c1ccccc1. The van der Waals surface area contributed by atoms with Gasteiger partial charge in [0, 0.05) is 31.0 Å². The number of nitrogens with zero attached hydrogens (tertiary/aromatic N) is 1. The van der Waals surface area contributed by atoms with Crippen LogP contribution in [0, 0.1) is 0 Å². The molecular formula is C19H24N2. The summed E-state index contributed by atoms with van der Waals surface area (Å²) < 4.78 is 0. The van der Waals surface area contributed by atoms with Gasteiger partial charge in [-0.3, -0.25) is 0 Å². The van der Waals surface area contributed by atoms with Gasteiger partial charge in [-0.05, 0) is 49.2 Å². The molecular weight excluding hydrogens is 256 g/mol. The van der Waals surface area contributed by atoms with Gasteiger partial charge in [-0.2, -0.15) is 0 Å². The molecule has 0 aliphatic carbocycles. The molecule has 0 aliphatic heterocycles. The van der Waals surface area contributed by atoms with E-state index in [0.29, 0.717) is 0 Å². The average molecular weight is 280 g/mol. The third kappa shape index (κ3) is 4.12. The minimum atomic E-state index is 0.759. The van der Waals surface area contributed by atoms with Crippen LogP contribution in [-0.2, 0) is 0 Å². The number of benzene rings is 2. The van der Waals surface area contributed by atoms with Crippen LogP contribution in [0.4, 0.5) is 11.4 Å². The number of hydrogen-bond acceptors (Lipinski definition) is 2. The molecule has 0 saturated heterocycles. The minimum Gasteiger partial charge on any atom is -0.381 e. The fraction of sp³-hybridized carbons (Fsp3) is 0.263. The first-order valence-corrected chi connectivity index (χ1v) is 7.56. The van der Waals surface area contributed by atoms with E-state index >= 15 is 0 Å². The molecule has 0 fully saturated rings. The quantitative estimate of drug-likeness (QED) is 0.793. The lowest BCUT2D eigenvalue weighted by Crippen LogP contribution is -2.21. The number of nitrogens with one attached hydrogen (secondary N) is 1. The second-order valence-corrected chi connectivity index (χ2v) is 5.04.